The molecule has 0 fully saturated rings. The Morgan fingerprint density at radius 1 is 1.37 bits per heavy atom. The van der Waals surface area contributed by atoms with Gasteiger partial charge >= 0.3 is 12.6 Å². The molecular weight excluding hydrogens is 260 g/mol. The zero-order valence-corrected chi connectivity index (χ0v) is 10.5. The minimum absolute atomic E-state index is 0.0635. The summed E-state index contributed by atoms with van der Waals surface area (Å²) < 4.78 is 27.9. The molecule has 1 N–H and O–H groups in total. The van der Waals surface area contributed by atoms with Gasteiger partial charge in [-0.05, 0) is 17.9 Å². The number of hydrogen-bond acceptors (Lipinski definition) is 5. The predicted octanol–water partition coefficient (Wildman–Crippen LogP) is 0.535. The van der Waals surface area contributed by atoms with Crippen LogP contribution in [0.4, 0.5) is 8.78 Å². The van der Waals surface area contributed by atoms with E-state index in [1.54, 1.807) is 0 Å². The number of dihydropyridines is 1. The van der Waals surface area contributed by atoms with Crippen molar-refractivity contribution in [3.63, 3.8) is 0 Å². The first-order chi connectivity index (χ1) is 8.82. The summed E-state index contributed by atoms with van der Waals surface area (Å²) in [5.41, 5.74) is -0.298. The smallest absolute Gasteiger partial charge is 0.389 e. The molecule has 19 heavy (non-hydrogen) atoms. The molecule has 0 aromatic carbocycles. The number of hydrogen-bond donors (Lipinski definition) is 1. The van der Waals surface area contributed by atoms with Crippen LogP contribution in [0.15, 0.2) is 23.5 Å². The Morgan fingerprint density at radius 2 is 1.95 bits per heavy atom. The number of alkyl halides is 2. The van der Waals surface area contributed by atoms with Crippen molar-refractivity contribution in [1.29, 1.82) is 0 Å². The quantitative estimate of drug-likeness (QED) is 0.740. The van der Waals surface area contributed by atoms with Gasteiger partial charge in [-0.1, -0.05) is 13.8 Å². The third kappa shape index (κ3) is 4.04. The van der Waals surface area contributed by atoms with Crippen LogP contribution in [0.1, 0.15) is 20.3 Å². The monoisotopic (exact) mass is 274 g/mol. The lowest BCUT2D eigenvalue weighted by molar-refractivity contribution is -0.299. The van der Waals surface area contributed by atoms with Gasteiger partial charge in [-0.2, -0.15) is 8.78 Å². The Balaban J connectivity index is 2.98. The number of carbonyl (C=O) groups excluding carboxylic acids is 2. The lowest BCUT2D eigenvalue weighted by atomic mass is 9.83. The van der Waals surface area contributed by atoms with Crippen molar-refractivity contribution in [3.05, 3.63) is 23.5 Å². The Hall–Kier alpha value is -1.92. The molecule has 7 heteroatoms. The molecule has 0 aromatic rings. The molecule has 1 rings (SSSR count). The Morgan fingerprint density at radius 3 is 2.42 bits per heavy atom. The van der Waals surface area contributed by atoms with E-state index in [1.165, 1.54) is 12.4 Å². The van der Waals surface area contributed by atoms with E-state index in [-0.39, 0.29) is 17.1 Å². The second-order valence-corrected chi connectivity index (χ2v) is 4.50. The van der Waals surface area contributed by atoms with E-state index >= 15 is 0 Å². The molecule has 0 bridgehead atoms. The van der Waals surface area contributed by atoms with E-state index in [4.69, 9.17) is 0 Å². The average Bonchev–Trinajstić information content (AvgIpc) is 2.26. The number of carbonyl (C=O) groups is 2. The van der Waals surface area contributed by atoms with Gasteiger partial charge < -0.3 is 20.0 Å². The lowest BCUT2D eigenvalue weighted by Crippen LogP contribution is -2.35. The number of ether oxygens (including phenoxy) is 1. The molecule has 0 radical (unpaired) electrons. The molecule has 1 atom stereocenters. The predicted molar refractivity (Wildman–Crippen MR) is 59.3 cm³/mol. The number of carboxylic acids is 1. The summed E-state index contributed by atoms with van der Waals surface area (Å²) in [7, 11) is 0. The van der Waals surface area contributed by atoms with E-state index in [9.17, 15) is 23.5 Å². The van der Waals surface area contributed by atoms with Crippen LogP contribution < -0.4 is 10.4 Å². The van der Waals surface area contributed by atoms with Crippen LogP contribution >= 0.6 is 0 Å². The molecule has 1 heterocycles. The zero-order chi connectivity index (χ0) is 14.6. The molecule has 5 nitrogen and oxygen atoms in total. The van der Waals surface area contributed by atoms with Crippen molar-refractivity contribution in [2.45, 2.75) is 26.9 Å². The second kappa shape index (κ2) is 6.31. The summed E-state index contributed by atoms with van der Waals surface area (Å²) in [5, 5.41) is 13.4. The topological polar surface area (TPSA) is 78.5 Å². The van der Waals surface area contributed by atoms with Gasteiger partial charge in [-0.25, -0.2) is 4.79 Å². The van der Waals surface area contributed by atoms with Gasteiger partial charge in [0.15, 0.2) is 0 Å². The molecule has 0 saturated heterocycles. The van der Waals surface area contributed by atoms with E-state index in [0.717, 1.165) is 0 Å². The van der Waals surface area contributed by atoms with Crippen LogP contribution in [0.5, 0.6) is 0 Å². The minimum Gasteiger partial charge on any atom is -0.545 e. The standard InChI is InChI=1S/C12H15F2NO4/c1-6(2)3-7-8(10(16)17)4-15-5-9(7)11(18)19-12(13)14/h4-7,12,15H,3H2,1-2H3,(H,16,17)/p-1. The number of aliphatic carboxylic acids is 1. The second-order valence-electron chi connectivity index (χ2n) is 4.50. The highest BCUT2D eigenvalue weighted by molar-refractivity contribution is 5.95. The maximum absolute atomic E-state index is 12.1. The molecule has 1 aliphatic rings. The summed E-state index contributed by atoms with van der Waals surface area (Å²) in [5.74, 6) is -3.44. The maximum atomic E-state index is 12.1. The Kier molecular flexibility index (Phi) is 5.02. The van der Waals surface area contributed by atoms with Crippen molar-refractivity contribution in [3.8, 4) is 0 Å². The lowest BCUT2D eigenvalue weighted by Gasteiger charge is -2.27. The molecule has 1 aliphatic heterocycles. The number of esters is 1. The van der Waals surface area contributed by atoms with E-state index in [0.29, 0.717) is 6.42 Å². The number of nitrogens with one attached hydrogen (secondary N) is 1. The molecule has 0 saturated carbocycles. The van der Waals surface area contributed by atoms with E-state index in [2.05, 4.69) is 10.1 Å². The van der Waals surface area contributed by atoms with Gasteiger partial charge in [0.05, 0.1) is 11.5 Å². The summed E-state index contributed by atoms with van der Waals surface area (Å²) in [6.07, 6.45) is 2.66. The molecular formula is C12H14F2NO4-. The highest BCUT2D eigenvalue weighted by atomic mass is 19.3. The number of carboxylic acid groups (broad SMARTS) is 1. The first kappa shape index (κ1) is 15.1. The summed E-state index contributed by atoms with van der Waals surface area (Å²) in [6, 6.07) is 0. The first-order valence-electron chi connectivity index (χ1n) is 5.69. The molecule has 1 unspecified atom stereocenters. The fourth-order valence-corrected chi connectivity index (χ4v) is 1.87. The third-order valence-electron chi connectivity index (χ3n) is 2.60. The van der Waals surface area contributed by atoms with Crippen LogP contribution in [0, 0.1) is 11.8 Å². The SMILES string of the molecule is CC(C)CC1C(C(=O)[O-])=CNC=C1C(=O)OC(F)F. The van der Waals surface area contributed by atoms with Crippen LogP contribution in [-0.4, -0.2) is 18.6 Å². The highest BCUT2D eigenvalue weighted by Crippen LogP contribution is 2.30. The van der Waals surface area contributed by atoms with Gasteiger partial charge in [-0.15, -0.1) is 0 Å². The third-order valence-corrected chi connectivity index (χ3v) is 2.60. The van der Waals surface area contributed by atoms with Crippen molar-refractivity contribution in [2.75, 3.05) is 0 Å². The van der Waals surface area contributed by atoms with Gasteiger partial charge in [0.2, 0.25) is 0 Å². The number of rotatable bonds is 5. The van der Waals surface area contributed by atoms with Gasteiger partial charge in [-0.3, -0.25) is 0 Å². The van der Waals surface area contributed by atoms with E-state index in [1.807, 2.05) is 13.8 Å². The fourth-order valence-electron chi connectivity index (χ4n) is 1.87. The van der Waals surface area contributed by atoms with Crippen molar-refractivity contribution >= 4 is 11.9 Å². The van der Waals surface area contributed by atoms with Crippen LogP contribution in [-0.2, 0) is 14.3 Å². The summed E-state index contributed by atoms with van der Waals surface area (Å²) >= 11 is 0. The van der Waals surface area contributed by atoms with Gasteiger partial charge in [0.25, 0.3) is 0 Å². The molecule has 106 valence electrons. The van der Waals surface area contributed by atoms with Crippen LogP contribution in [0.3, 0.4) is 0 Å². The normalized spacial score (nSPS) is 18.7. The maximum Gasteiger partial charge on any atom is 0.389 e. The number of halogens is 2. The Bertz CT molecular complexity index is 429. The fraction of sp³-hybridized carbons (Fsp3) is 0.500. The van der Waals surface area contributed by atoms with Gasteiger partial charge in [0, 0.05) is 18.3 Å². The van der Waals surface area contributed by atoms with Crippen molar-refractivity contribution in [2.24, 2.45) is 11.8 Å². The van der Waals surface area contributed by atoms with Gasteiger partial charge in [0.1, 0.15) is 0 Å². The zero-order valence-electron chi connectivity index (χ0n) is 10.5. The summed E-state index contributed by atoms with van der Waals surface area (Å²) in [6.45, 7) is 0.404. The minimum atomic E-state index is -3.24. The average molecular weight is 274 g/mol. The summed E-state index contributed by atoms with van der Waals surface area (Å²) in [4.78, 5) is 22.5. The highest BCUT2D eigenvalue weighted by Gasteiger charge is 2.30. The molecule has 0 aliphatic carbocycles. The Labute approximate surface area is 108 Å². The van der Waals surface area contributed by atoms with Crippen LogP contribution in [0.2, 0.25) is 0 Å². The molecule has 0 amide bonds. The van der Waals surface area contributed by atoms with Crippen LogP contribution in [0.25, 0.3) is 0 Å². The molecule has 0 aromatic heterocycles. The van der Waals surface area contributed by atoms with Crippen molar-refractivity contribution in [1.82, 2.24) is 5.32 Å². The van der Waals surface area contributed by atoms with E-state index < -0.39 is 24.5 Å². The largest absolute Gasteiger partial charge is 0.545 e. The molecule has 0 spiro atoms. The first-order valence-corrected chi connectivity index (χ1v) is 5.69. The van der Waals surface area contributed by atoms with Crippen molar-refractivity contribution < 1.29 is 28.2 Å².